The van der Waals surface area contributed by atoms with Gasteiger partial charge in [0.05, 0.1) is 5.70 Å². The zero-order valence-electron chi connectivity index (χ0n) is 31.1. The summed E-state index contributed by atoms with van der Waals surface area (Å²) in [6, 6.07) is 45.5. The van der Waals surface area contributed by atoms with Gasteiger partial charge in [0, 0.05) is 21.3 Å². The number of nitrogens with zero attached hydrogens (tertiary/aromatic N) is 1. The van der Waals surface area contributed by atoms with Crippen molar-refractivity contribution in [2.75, 3.05) is 0 Å². The third kappa shape index (κ3) is 5.09. The van der Waals surface area contributed by atoms with Gasteiger partial charge in [-0.05, 0) is 129 Å². The van der Waals surface area contributed by atoms with Crippen LogP contribution in [-0.2, 0) is 6.42 Å². The molecule has 2 heterocycles. The lowest BCUT2D eigenvalue weighted by Crippen LogP contribution is -2.22. The molecule has 11 rings (SSSR count). The van der Waals surface area contributed by atoms with Crippen LogP contribution in [0.15, 0.2) is 162 Å². The molecule has 1 nitrogen and oxygen atoms in total. The smallest absolute Gasteiger partial charge is 0.0668 e. The predicted molar refractivity (Wildman–Crippen MR) is 230 cm³/mol. The molecule has 2 heteroatoms. The average Bonchev–Trinajstić information content (AvgIpc) is 3.85. The fraction of sp³-hybridized carbons (Fsp3) is 0.250. The fourth-order valence-corrected chi connectivity index (χ4v) is 12.5. The van der Waals surface area contributed by atoms with E-state index in [1.807, 2.05) is 11.8 Å². The van der Waals surface area contributed by atoms with E-state index in [0.29, 0.717) is 35.5 Å². The molecule has 1 saturated carbocycles. The van der Waals surface area contributed by atoms with Crippen LogP contribution in [0.25, 0.3) is 38.4 Å². The van der Waals surface area contributed by atoms with Crippen LogP contribution in [-0.4, -0.2) is 10.5 Å². The minimum atomic E-state index is 0.0945. The number of aryl methyl sites for hydroxylation is 1. The van der Waals surface area contributed by atoms with E-state index >= 15 is 0 Å². The Morgan fingerprint density at radius 1 is 0.704 bits per heavy atom. The number of hydrogen-bond acceptors (Lipinski definition) is 2. The molecule has 0 N–H and O–H groups in total. The van der Waals surface area contributed by atoms with Gasteiger partial charge in [-0.1, -0.05) is 153 Å². The molecule has 5 aliphatic rings. The molecule has 264 valence electrons. The van der Waals surface area contributed by atoms with E-state index in [-0.39, 0.29) is 4.75 Å². The second-order valence-corrected chi connectivity index (χ2v) is 18.2. The molecule has 0 aromatic heterocycles. The van der Waals surface area contributed by atoms with Gasteiger partial charge in [-0.2, -0.15) is 0 Å². The Labute approximate surface area is 323 Å². The maximum absolute atomic E-state index is 5.49. The first-order valence-corrected chi connectivity index (χ1v) is 20.9. The Hall–Kier alpha value is -4.92. The van der Waals surface area contributed by atoms with Crippen LogP contribution in [0.5, 0.6) is 0 Å². The molecule has 0 spiro atoms. The summed E-state index contributed by atoms with van der Waals surface area (Å²) in [5.74, 6) is 3.40. The van der Waals surface area contributed by atoms with E-state index in [1.165, 1.54) is 66.4 Å². The van der Waals surface area contributed by atoms with E-state index in [2.05, 4.69) is 166 Å². The van der Waals surface area contributed by atoms with Gasteiger partial charge in [-0.3, -0.25) is 4.99 Å². The summed E-state index contributed by atoms with van der Waals surface area (Å²) in [7, 11) is 0. The Balaban J connectivity index is 1.05. The van der Waals surface area contributed by atoms with Crippen LogP contribution in [0.2, 0.25) is 0 Å². The van der Waals surface area contributed by atoms with Crippen LogP contribution < -0.4 is 0 Å². The number of benzene rings is 6. The Morgan fingerprint density at radius 3 is 2.30 bits per heavy atom. The molecule has 3 aliphatic carbocycles. The summed E-state index contributed by atoms with van der Waals surface area (Å²) >= 11 is 2.04. The summed E-state index contributed by atoms with van der Waals surface area (Å²) in [4.78, 5) is 6.92. The van der Waals surface area contributed by atoms with Crippen LogP contribution in [0.1, 0.15) is 72.8 Å². The van der Waals surface area contributed by atoms with Crippen molar-refractivity contribution in [1.82, 2.24) is 0 Å². The number of aliphatic imine (C=N–C) groups is 1. The number of fused-ring (bicyclic) bond motifs is 11. The normalized spacial score (nSPS) is 28.9. The highest BCUT2D eigenvalue weighted by atomic mass is 32.2. The second-order valence-electron chi connectivity index (χ2n) is 16.7. The van der Waals surface area contributed by atoms with Gasteiger partial charge in [0.15, 0.2) is 0 Å². The van der Waals surface area contributed by atoms with Gasteiger partial charge >= 0.3 is 0 Å². The van der Waals surface area contributed by atoms with Crippen LogP contribution >= 0.6 is 11.8 Å². The minimum Gasteiger partial charge on any atom is -0.253 e. The van der Waals surface area contributed by atoms with Gasteiger partial charge in [-0.15, -0.1) is 11.8 Å². The molecule has 2 aliphatic heterocycles. The molecule has 7 atom stereocenters. The minimum absolute atomic E-state index is 0.0945. The first-order chi connectivity index (χ1) is 26.6. The van der Waals surface area contributed by atoms with Crippen molar-refractivity contribution in [3.63, 3.8) is 0 Å². The summed E-state index contributed by atoms with van der Waals surface area (Å²) in [6.45, 7) is 4.92. The van der Waals surface area contributed by atoms with Crippen LogP contribution in [0, 0.1) is 23.7 Å². The molecule has 7 unspecified atom stereocenters. The van der Waals surface area contributed by atoms with Gasteiger partial charge < -0.3 is 0 Å². The summed E-state index contributed by atoms with van der Waals surface area (Å²) in [5.41, 5.74) is 12.3. The van der Waals surface area contributed by atoms with Gasteiger partial charge in [0.1, 0.15) is 0 Å². The van der Waals surface area contributed by atoms with Gasteiger partial charge in [0.2, 0.25) is 0 Å². The zero-order chi connectivity index (χ0) is 36.0. The average molecular weight is 716 g/mol. The standard InChI is InChI=1S/C52H45NS/c1-32-23-28-45(33-14-5-3-6-15-33)53-46(34-16-7-4-8-17-34)31-43(32)50-42-27-26-41-48-36(20-13-21-38(48)37-18-9-10-19-39(37)49(41)51(42)50)35-24-25-40-44-22-11-12-29-52(44,2)54-47(40)30-35/h3-22,24-25,29-32,42-44,50-51H,23,26-28H2,1-2H3/b46-31-,53-45?. The highest BCUT2D eigenvalue weighted by molar-refractivity contribution is 8.01. The maximum Gasteiger partial charge on any atom is 0.0668 e. The first-order valence-electron chi connectivity index (χ1n) is 20.1. The Bertz CT molecular complexity index is 2590. The van der Waals surface area contributed by atoms with E-state index in [0.717, 1.165) is 25.0 Å². The lowest BCUT2D eigenvalue weighted by molar-refractivity contribution is 0.349. The molecule has 0 saturated heterocycles. The van der Waals surface area contributed by atoms with E-state index in [4.69, 9.17) is 4.99 Å². The maximum atomic E-state index is 5.49. The SMILES string of the molecule is CC1CCC(c2ccccc2)=N/C(c2ccccc2)=C\C1C1C2CCc3c(c4ccccc4c4cccc(-c5ccc6c(c5)SC5(C)C=CC=CC65)c34)C21. The van der Waals surface area contributed by atoms with Crippen molar-refractivity contribution in [2.24, 2.45) is 28.7 Å². The van der Waals surface area contributed by atoms with Crippen molar-refractivity contribution < 1.29 is 0 Å². The molecule has 6 aromatic carbocycles. The van der Waals surface area contributed by atoms with Crippen molar-refractivity contribution in [3.8, 4) is 11.1 Å². The molecule has 54 heavy (non-hydrogen) atoms. The van der Waals surface area contributed by atoms with Gasteiger partial charge in [-0.25, -0.2) is 0 Å². The number of hydrogen-bond donors (Lipinski definition) is 0. The molecular weight excluding hydrogens is 671 g/mol. The topological polar surface area (TPSA) is 12.4 Å². The largest absolute Gasteiger partial charge is 0.253 e. The van der Waals surface area contributed by atoms with Crippen molar-refractivity contribution in [3.05, 3.63) is 180 Å². The van der Waals surface area contributed by atoms with Crippen molar-refractivity contribution >= 4 is 44.7 Å². The van der Waals surface area contributed by atoms with Crippen molar-refractivity contribution in [1.29, 1.82) is 0 Å². The fourth-order valence-electron chi connectivity index (χ4n) is 11.0. The Morgan fingerprint density at radius 2 is 1.46 bits per heavy atom. The first kappa shape index (κ1) is 32.5. The quantitative estimate of drug-likeness (QED) is 0.166. The van der Waals surface area contributed by atoms with Gasteiger partial charge in [0.25, 0.3) is 0 Å². The number of thioether (sulfide) groups is 1. The number of rotatable bonds is 4. The van der Waals surface area contributed by atoms with Crippen LogP contribution in [0.3, 0.4) is 0 Å². The van der Waals surface area contributed by atoms with E-state index in [9.17, 15) is 0 Å². The zero-order valence-corrected chi connectivity index (χ0v) is 31.9. The summed E-state index contributed by atoms with van der Waals surface area (Å²) in [5, 5.41) is 5.78. The van der Waals surface area contributed by atoms with E-state index in [1.54, 1.807) is 11.1 Å². The molecular formula is C52H45NS. The molecule has 0 amide bonds. The lowest BCUT2D eigenvalue weighted by Gasteiger charge is -2.27. The Kier molecular flexibility index (Phi) is 7.57. The predicted octanol–water partition coefficient (Wildman–Crippen LogP) is 13.6. The molecule has 1 fully saturated rings. The lowest BCUT2D eigenvalue weighted by atomic mass is 9.79. The monoisotopic (exact) mass is 715 g/mol. The highest BCUT2D eigenvalue weighted by Gasteiger charge is 2.57. The van der Waals surface area contributed by atoms with Crippen molar-refractivity contribution in [2.45, 2.75) is 61.0 Å². The third-order valence-corrected chi connectivity index (χ3v) is 15.1. The molecule has 0 bridgehead atoms. The number of allylic oxidation sites excluding steroid dienone is 4. The highest BCUT2D eigenvalue weighted by Crippen LogP contribution is 2.67. The third-order valence-electron chi connectivity index (χ3n) is 13.7. The van der Waals surface area contributed by atoms with Crippen LogP contribution in [0.4, 0.5) is 0 Å². The molecule has 6 aromatic rings. The molecule has 0 radical (unpaired) electrons. The second kappa shape index (κ2) is 12.6. The summed E-state index contributed by atoms with van der Waals surface area (Å²) in [6.07, 6.45) is 16.4. The van der Waals surface area contributed by atoms with E-state index < -0.39 is 0 Å². The summed E-state index contributed by atoms with van der Waals surface area (Å²) < 4.78 is 0.0945.